The molecule has 1 saturated heterocycles. The molecule has 7 nitrogen and oxygen atoms in total. The third-order valence-electron chi connectivity index (χ3n) is 1.97. The van der Waals surface area contributed by atoms with E-state index in [0.29, 0.717) is 5.69 Å². The van der Waals surface area contributed by atoms with E-state index in [-0.39, 0.29) is 18.4 Å². The molecular formula is C9H10N4O3. The largest absolute Gasteiger partial charge is 0.470 e. The predicted octanol–water partition coefficient (Wildman–Crippen LogP) is 0.229. The van der Waals surface area contributed by atoms with E-state index >= 15 is 0 Å². The number of nitrogens with zero attached hydrogens (tertiary/aromatic N) is 2. The van der Waals surface area contributed by atoms with E-state index in [9.17, 15) is 9.59 Å². The van der Waals surface area contributed by atoms with Crippen molar-refractivity contribution < 1.29 is 14.0 Å². The Bertz CT molecular complexity index is 438. The van der Waals surface area contributed by atoms with Crippen molar-refractivity contribution in [3.05, 3.63) is 18.6 Å². The molecule has 2 N–H and O–H groups in total. The van der Waals surface area contributed by atoms with Crippen molar-refractivity contribution in [2.24, 2.45) is 4.99 Å². The van der Waals surface area contributed by atoms with Gasteiger partial charge in [0.05, 0.1) is 18.5 Å². The lowest BCUT2D eigenvalue weighted by Crippen LogP contribution is -2.29. The Morgan fingerprint density at radius 3 is 3.06 bits per heavy atom. The van der Waals surface area contributed by atoms with Gasteiger partial charge < -0.3 is 14.6 Å². The minimum Gasteiger partial charge on any atom is -0.470 e. The second-order valence-electron chi connectivity index (χ2n) is 3.28. The number of likely N-dealkylation sites (N-methyl/N-ethyl adjacent to an activating group) is 1. The molecule has 0 aromatic carbocycles. The summed E-state index contributed by atoms with van der Waals surface area (Å²) >= 11 is 0. The zero-order valence-corrected chi connectivity index (χ0v) is 8.56. The lowest BCUT2D eigenvalue weighted by atomic mass is 10.5. The van der Waals surface area contributed by atoms with E-state index in [1.165, 1.54) is 12.5 Å². The number of anilines is 1. The molecule has 0 radical (unpaired) electrons. The van der Waals surface area contributed by atoms with Crippen LogP contribution in [0.4, 0.5) is 10.5 Å². The van der Waals surface area contributed by atoms with Gasteiger partial charge in [0.2, 0.25) is 11.9 Å². The van der Waals surface area contributed by atoms with E-state index in [4.69, 9.17) is 4.42 Å². The minimum atomic E-state index is -0.564. The van der Waals surface area contributed by atoms with E-state index in [1.807, 2.05) is 0 Å². The third kappa shape index (κ3) is 2.19. The molecule has 2 rings (SSSR count). The number of furan rings is 1. The van der Waals surface area contributed by atoms with Crippen molar-refractivity contribution >= 4 is 23.6 Å². The Morgan fingerprint density at radius 2 is 2.50 bits per heavy atom. The SMILES string of the molecule is CN1CC(=O)NC1=NC(=O)Nc1ccoc1. The first-order valence-corrected chi connectivity index (χ1v) is 4.58. The lowest BCUT2D eigenvalue weighted by Gasteiger charge is -2.07. The number of aliphatic imine (C=N–C) groups is 1. The summed E-state index contributed by atoms with van der Waals surface area (Å²) in [6.07, 6.45) is 2.82. The molecule has 16 heavy (non-hydrogen) atoms. The van der Waals surface area contributed by atoms with Crippen LogP contribution in [0.15, 0.2) is 28.0 Å². The van der Waals surface area contributed by atoms with Crippen LogP contribution in [-0.2, 0) is 4.79 Å². The van der Waals surface area contributed by atoms with Crippen molar-refractivity contribution in [2.45, 2.75) is 0 Å². The van der Waals surface area contributed by atoms with Crippen LogP contribution in [0.25, 0.3) is 0 Å². The van der Waals surface area contributed by atoms with Gasteiger partial charge in [-0.25, -0.2) is 4.79 Å². The number of hydrogen-bond acceptors (Lipinski definition) is 3. The molecule has 1 aromatic rings. The third-order valence-corrected chi connectivity index (χ3v) is 1.97. The van der Waals surface area contributed by atoms with Crippen LogP contribution in [0, 0.1) is 0 Å². The molecule has 0 aliphatic carbocycles. The number of carbonyl (C=O) groups is 2. The number of nitrogens with one attached hydrogen (secondary N) is 2. The van der Waals surface area contributed by atoms with Gasteiger partial charge in [-0.2, -0.15) is 4.99 Å². The van der Waals surface area contributed by atoms with Crippen molar-refractivity contribution in [2.75, 3.05) is 18.9 Å². The first kappa shape index (κ1) is 10.2. The summed E-state index contributed by atoms with van der Waals surface area (Å²) in [6, 6.07) is 1.03. The van der Waals surface area contributed by atoms with Crippen LogP contribution in [0.3, 0.4) is 0 Å². The maximum absolute atomic E-state index is 11.4. The fraction of sp³-hybridized carbons (Fsp3) is 0.222. The highest BCUT2D eigenvalue weighted by molar-refractivity contribution is 6.09. The Morgan fingerprint density at radius 1 is 1.69 bits per heavy atom. The summed E-state index contributed by atoms with van der Waals surface area (Å²) in [7, 11) is 1.67. The van der Waals surface area contributed by atoms with Crippen LogP contribution in [0.2, 0.25) is 0 Å². The number of carbonyl (C=O) groups excluding carboxylic acids is 2. The van der Waals surface area contributed by atoms with Gasteiger partial charge in [-0.1, -0.05) is 0 Å². The molecule has 0 spiro atoms. The number of urea groups is 1. The molecule has 0 saturated carbocycles. The molecule has 1 fully saturated rings. The lowest BCUT2D eigenvalue weighted by molar-refractivity contribution is -0.118. The number of amides is 3. The average molecular weight is 222 g/mol. The Hall–Kier alpha value is -2.31. The van der Waals surface area contributed by atoms with Gasteiger partial charge in [0, 0.05) is 13.1 Å². The number of hydrogen-bond donors (Lipinski definition) is 2. The molecule has 0 atom stereocenters. The monoisotopic (exact) mass is 222 g/mol. The van der Waals surface area contributed by atoms with Crippen molar-refractivity contribution in [1.29, 1.82) is 0 Å². The maximum Gasteiger partial charge on any atom is 0.348 e. The summed E-state index contributed by atoms with van der Waals surface area (Å²) < 4.78 is 4.78. The number of rotatable bonds is 1. The summed E-state index contributed by atoms with van der Waals surface area (Å²) in [5.41, 5.74) is 0.515. The van der Waals surface area contributed by atoms with Crippen LogP contribution in [0.5, 0.6) is 0 Å². The highest BCUT2D eigenvalue weighted by Gasteiger charge is 2.22. The van der Waals surface area contributed by atoms with Crippen molar-refractivity contribution in [1.82, 2.24) is 10.2 Å². The molecule has 1 aromatic heterocycles. The molecule has 84 valence electrons. The Balaban J connectivity index is 2.01. The second-order valence-corrected chi connectivity index (χ2v) is 3.28. The molecule has 7 heteroatoms. The highest BCUT2D eigenvalue weighted by Crippen LogP contribution is 2.07. The van der Waals surface area contributed by atoms with Gasteiger partial charge in [-0.15, -0.1) is 0 Å². The second kappa shape index (κ2) is 4.05. The van der Waals surface area contributed by atoms with Gasteiger partial charge in [0.15, 0.2) is 0 Å². The van der Waals surface area contributed by atoms with E-state index in [2.05, 4.69) is 15.6 Å². The summed E-state index contributed by atoms with van der Waals surface area (Å²) in [4.78, 5) is 27.6. The summed E-state index contributed by atoms with van der Waals surface area (Å²) in [5.74, 6) is 0.0587. The molecular weight excluding hydrogens is 212 g/mol. The zero-order valence-electron chi connectivity index (χ0n) is 8.56. The first-order chi connectivity index (χ1) is 7.65. The molecule has 1 aliphatic heterocycles. The van der Waals surface area contributed by atoms with Gasteiger partial charge in [0.1, 0.15) is 6.26 Å². The molecule has 1 aliphatic rings. The van der Waals surface area contributed by atoms with Gasteiger partial charge in [-0.3, -0.25) is 10.1 Å². The molecule has 0 unspecified atom stereocenters. The fourth-order valence-electron chi connectivity index (χ4n) is 1.25. The molecule has 0 bridgehead atoms. The first-order valence-electron chi connectivity index (χ1n) is 4.58. The summed E-state index contributed by atoms with van der Waals surface area (Å²) in [5, 5.41) is 4.95. The minimum absolute atomic E-state index is 0.183. The van der Waals surface area contributed by atoms with Crippen molar-refractivity contribution in [3.8, 4) is 0 Å². The van der Waals surface area contributed by atoms with Crippen LogP contribution >= 0.6 is 0 Å². The standard InChI is InChI=1S/C9H10N4O3/c1-13-4-7(14)11-8(13)12-9(15)10-6-2-3-16-5-6/h2-3,5H,4H2,1H3,(H2,10,11,12,14,15). The fourth-order valence-corrected chi connectivity index (χ4v) is 1.25. The van der Waals surface area contributed by atoms with Gasteiger partial charge in [0.25, 0.3) is 0 Å². The smallest absolute Gasteiger partial charge is 0.348 e. The normalized spacial score (nSPS) is 17.7. The van der Waals surface area contributed by atoms with Crippen molar-refractivity contribution in [3.63, 3.8) is 0 Å². The predicted molar refractivity (Wildman–Crippen MR) is 55.9 cm³/mol. The highest BCUT2D eigenvalue weighted by atomic mass is 16.3. The van der Waals surface area contributed by atoms with E-state index in [1.54, 1.807) is 18.0 Å². The van der Waals surface area contributed by atoms with Crippen LogP contribution in [0.1, 0.15) is 0 Å². The molecule has 3 amide bonds. The quantitative estimate of drug-likeness (QED) is 0.712. The van der Waals surface area contributed by atoms with E-state index < -0.39 is 6.03 Å². The van der Waals surface area contributed by atoms with Gasteiger partial charge in [-0.05, 0) is 0 Å². The number of guanidine groups is 1. The Kier molecular flexibility index (Phi) is 2.59. The van der Waals surface area contributed by atoms with E-state index in [0.717, 1.165) is 0 Å². The topological polar surface area (TPSA) is 86.9 Å². The van der Waals surface area contributed by atoms with Gasteiger partial charge >= 0.3 is 6.03 Å². The maximum atomic E-state index is 11.4. The Labute approximate surface area is 91.1 Å². The average Bonchev–Trinajstić information content (AvgIpc) is 2.78. The molecule has 2 heterocycles. The summed E-state index contributed by atoms with van der Waals surface area (Å²) in [6.45, 7) is 0.206. The van der Waals surface area contributed by atoms with Crippen LogP contribution < -0.4 is 10.6 Å². The van der Waals surface area contributed by atoms with Crippen LogP contribution in [-0.4, -0.2) is 36.4 Å². The zero-order chi connectivity index (χ0) is 11.5.